The number of esters is 1. The van der Waals surface area contributed by atoms with Crippen molar-refractivity contribution in [1.29, 1.82) is 0 Å². The lowest BCUT2D eigenvalue weighted by molar-refractivity contribution is -0.387. The molecule has 1 aliphatic rings. The second-order valence-corrected chi connectivity index (χ2v) is 4.97. The van der Waals surface area contributed by atoms with E-state index in [1.165, 1.54) is 6.07 Å². The zero-order valence-corrected chi connectivity index (χ0v) is 11.6. The first kappa shape index (κ1) is 15.4. The fourth-order valence-electron chi connectivity index (χ4n) is 2.42. The minimum atomic E-state index is -0.978. The molecule has 7 heteroatoms. The monoisotopic (exact) mass is 297 g/mol. The lowest BCUT2D eigenvalue weighted by Crippen LogP contribution is -2.29. The SMILES string of the molecule is COC1CCCC(OC(=O)c2ccc(F)c([N+](=O)[O-])c2)C1. The Morgan fingerprint density at radius 1 is 1.38 bits per heavy atom. The molecular weight excluding hydrogens is 281 g/mol. The minimum Gasteiger partial charge on any atom is -0.459 e. The van der Waals surface area contributed by atoms with Crippen LogP contribution in [0.3, 0.4) is 0 Å². The summed E-state index contributed by atoms with van der Waals surface area (Å²) in [5, 5.41) is 10.7. The third-order valence-electron chi connectivity index (χ3n) is 3.56. The number of nitro benzene ring substituents is 1. The molecule has 0 N–H and O–H groups in total. The van der Waals surface area contributed by atoms with E-state index in [9.17, 15) is 19.3 Å². The van der Waals surface area contributed by atoms with Crippen molar-refractivity contribution in [2.75, 3.05) is 7.11 Å². The van der Waals surface area contributed by atoms with Crippen molar-refractivity contribution in [1.82, 2.24) is 0 Å². The molecule has 2 rings (SSSR count). The Bertz CT molecular complexity index is 548. The Labute approximate surface area is 121 Å². The average molecular weight is 297 g/mol. The summed E-state index contributed by atoms with van der Waals surface area (Å²) >= 11 is 0. The van der Waals surface area contributed by atoms with Crippen molar-refractivity contribution >= 4 is 11.7 Å². The maximum atomic E-state index is 13.2. The summed E-state index contributed by atoms with van der Waals surface area (Å²) in [5.74, 6) is -1.66. The average Bonchev–Trinajstić information content (AvgIpc) is 2.47. The molecule has 1 aromatic carbocycles. The highest BCUT2D eigenvalue weighted by molar-refractivity contribution is 5.90. The molecule has 6 nitrogen and oxygen atoms in total. The largest absolute Gasteiger partial charge is 0.459 e. The lowest BCUT2D eigenvalue weighted by atomic mass is 9.95. The van der Waals surface area contributed by atoms with E-state index in [1.807, 2.05) is 0 Å². The topological polar surface area (TPSA) is 78.7 Å². The van der Waals surface area contributed by atoms with E-state index in [2.05, 4.69) is 0 Å². The second-order valence-electron chi connectivity index (χ2n) is 4.97. The summed E-state index contributed by atoms with van der Waals surface area (Å²) < 4.78 is 23.8. The number of halogens is 1. The highest BCUT2D eigenvalue weighted by Crippen LogP contribution is 2.25. The van der Waals surface area contributed by atoms with Crippen LogP contribution in [-0.2, 0) is 9.47 Å². The Balaban J connectivity index is 2.06. The van der Waals surface area contributed by atoms with Crippen molar-refractivity contribution in [3.63, 3.8) is 0 Å². The van der Waals surface area contributed by atoms with E-state index in [4.69, 9.17) is 9.47 Å². The molecule has 0 spiro atoms. The molecule has 2 atom stereocenters. The zero-order valence-electron chi connectivity index (χ0n) is 11.6. The number of nitro groups is 1. The third kappa shape index (κ3) is 3.75. The number of carbonyl (C=O) groups is 1. The van der Waals surface area contributed by atoms with Gasteiger partial charge in [0, 0.05) is 19.6 Å². The fourth-order valence-corrected chi connectivity index (χ4v) is 2.42. The molecule has 0 aliphatic heterocycles. The number of benzene rings is 1. The first-order chi connectivity index (χ1) is 10.0. The van der Waals surface area contributed by atoms with Gasteiger partial charge in [0.05, 0.1) is 16.6 Å². The van der Waals surface area contributed by atoms with Gasteiger partial charge in [-0.2, -0.15) is 4.39 Å². The molecule has 114 valence electrons. The van der Waals surface area contributed by atoms with E-state index in [-0.39, 0.29) is 17.8 Å². The quantitative estimate of drug-likeness (QED) is 0.485. The molecular formula is C14H16FNO5. The maximum Gasteiger partial charge on any atom is 0.338 e. The predicted molar refractivity (Wildman–Crippen MR) is 71.5 cm³/mol. The molecule has 0 saturated heterocycles. The fraction of sp³-hybridized carbons (Fsp3) is 0.500. The van der Waals surface area contributed by atoms with Crippen LogP contribution in [0.2, 0.25) is 0 Å². The van der Waals surface area contributed by atoms with E-state index in [1.54, 1.807) is 7.11 Å². The molecule has 0 aromatic heterocycles. The summed E-state index contributed by atoms with van der Waals surface area (Å²) in [5.41, 5.74) is -0.759. The van der Waals surface area contributed by atoms with Gasteiger partial charge in [-0.15, -0.1) is 0 Å². The summed E-state index contributed by atoms with van der Waals surface area (Å²) in [6.45, 7) is 0. The van der Waals surface area contributed by atoms with Crippen molar-refractivity contribution < 1.29 is 23.6 Å². The maximum absolute atomic E-state index is 13.2. The van der Waals surface area contributed by atoms with Crippen LogP contribution in [0, 0.1) is 15.9 Å². The molecule has 1 saturated carbocycles. The van der Waals surface area contributed by atoms with E-state index in [0.29, 0.717) is 6.42 Å². The van der Waals surface area contributed by atoms with Gasteiger partial charge in [-0.1, -0.05) is 0 Å². The van der Waals surface area contributed by atoms with Crippen LogP contribution in [0.25, 0.3) is 0 Å². The number of methoxy groups -OCH3 is 1. The Hall–Kier alpha value is -2.02. The molecule has 2 unspecified atom stereocenters. The molecule has 1 aromatic rings. The molecule has 0 heterocycles. The van der Waals surface area contributed by atoms with Crippen LogP contribution in [0.1, 0.15) is 36.0 Å². The number of hydrogen-bond acceptors (Lipinski definition) is 5. The summed E-state index contributed by atoms with van der Waals surface area (Å²) in [7, 11) is 1.61. The van der Waals surface area contributed by atoms with Crippen LogP contribution in [0.15, 0.2) is 18.2 Å². The van der Waals surface area contributed by atoms with Gasteiger partial charge in [0.1, 0.15) is 6.10 Å². The molecule has 0 radical (unpaired) electrons. The van der Waals surface area contributed by atoms with Crippen molar-refractivity contribution in [2.45, 2.75) is 37.9 Å². The smallest absolute Gasteiger partial charge is 0.338 e. The second kappa shape index (κ2) is 6.62. The van der Waals surface area contributed by atoms with Gasteiger partial charge in [0.25, 0.3) is 0 Å². The minimum absolute atomic E-state index is 0.0253. The van der Waals surface area contributed by atoms with Gasteiger partial charge >= 0.3 is 11.7 Å². The first-order valence-electron chi connectivity index (χ1n) is 6.69. The predicted octanol–water partition coefficient (Wildman–Crippen LogP) is 2.85. The number of rotatable bonds is 4. The lowest BCUT2D eigenvalue weighted by Gasteiger charge is -2.27. The molecule has 0 bridgehead atoms. The van der Waals surface area contributed by atoms with Gasteiger partial charge in [-0.3, -0.25) is 10.1 Å². The van der Waals surface area contributed by atoms with Crippen molar-refractivity contribution in [3.8, 4) is 0 Å². The standard InChI is InChI=1S/C14H16FNO5/c1-20-10-3-2-4-11(8-10)21-14(17)9-5-6-12(15)13(7-9)16(18)19/h5-7,10-11H,2-4,8H2,1H3. The van der Waals surface area contributed by atoms with Crippen molar-refractivity contribution in [3.05, 3.63) is 39.7 Å². The molecule has 21 heavy (non-hydrogen) atoms. The summed E-state index contributed by atoms with van der Waals surface area (Å²) in [6, 6.07) is 2.98. The highest BCUT2D eigenvalue weighted by atomic mass is 19.1. The van der Waals surface area contributed by atoms with Crippen LogP contribution in [-0.4, -0.2) is 30.2 Å². The molecule has 1 fully saturated rings. The zero-order chi connectivity index (χ0) is 15.4. The van der Waals surface area contributed by atoms with Gasteiger partial charge in [-0.25, -0.2) is 4.79 Å². The highest BCUT2D eigenvalue weighted by Gasteiger charge is 2.26. The van der Waals surface area contributed by atoms with Crippen molar-refractivity contribution in [2.24, 2.45) is 0 Å². The number of nitrogens with zero attached hydrogens (tertiary/aromatic N) is 1. The van der Waals surface area contributed by atoms with Gasteiger partial charge in [-0.05, 0) is 31.4 Å². The van der Waals surface area contributed by atoms with Gasteiger partial charge in [0.2, 0.25) is 5.82 Å². The Morgan fingerprint density at radius 2 is 2.10 bits per heavy atom. The first-order valence-corrected chi connectivity index (χ1v) is 6.69. The summed E-state index contributed by atoms with van der Waals surface area (Å²) in [4.78, 5) is 21.8. The third-order valence-corrected chi connectivity index (χ3v) is 3.56. The van der Waals surface area contributed by atoms with E-state index < -0.39 is 22.4 Å². The number of ether oxygens (including phenoxy) is 2. The number of hydrogen-bond donors (Lipinski definition) is 0. The Morgan fingerprint density at radius 3 is 2.76 bits per heavy atom. The van der Waals surface area contributed by atoms with E-state index in [0.717, 1.165) is 31.4 Å². The number of carbonyl (C=O) groups excluding carboxylic acids is 1. The summed E-state index contributed by atoms with van der Waals surface area (Å²) in [6.07, 6.45) is 2.92. The van der Waals surface area contributed by atoms with Crippen LogP contribution >= 0.6 is 0 Å². The van der Waals surface area contributed by atoms with Crippen LogP contribution < -0.4 is 0 Å². The van der Waals surface area contributed by atoms with Crippen LogP contribution in [0.5, 0.6) is 0 Å². The molecule has 0 amide bonds. The Kier molecular flexibility index (Phi) is 4.85. The van der Waals surface area contributed by atoms with Crippen LogP contribution in [0.4, 0.5) is 10.1 Å². The van der Waals surface area contributed by atoms with Gasteiger partial charge in [0.15, 0.2) is 0 Å². The van der Waals surface area contributed by atoms with E-state index >= 15 is 0 Å². The van der Waals surface area contributed by atoms with Gasteiger partial charge < -0.3 is 9.47 Å². The molecule has 1 aliphatic carbocycles. The normalized spacial score (nSPS) is 21.8.